The van der Waals surface area contributed by atoms with E-state index in [-0.39, 0.29) is 20.4 Å². The average molecular weight is 243 g/mol. The fourth-order valence-electron chi connectivity index (χ4n) is 1.26. The standard InChI is InChI=1S/C9H9NO3S2/c1-5-7(4-10)14-9(15(3,12)13)8(5)6(2)11/h1-3H3. The lowest BCUT2D eigenvalue weighted by Gasteiger charge is -1.97. The van der Waals surface area contributed by atoms with Crippen LogP contribution < -0.4 is 0 Å². The van der Waals surface area contributed by atoms with Gasteiger partial charge in [0.25, 0.3) is 0 Å². The highest BCUT2D eigenvalue weighted by Gasteiger charge is 2.24. The zero-order valence-corrected chi connectivity index (χ0v) is 10.1. The Morgan fingerprint density at radius 2 is 2.00 bits per heavy atom. The third-order valence-electron chi connectivity index (χ3n) is 1.90. The normalized spacial score (nSPS) is 11.1. The van der Waals surface area contributed by atoms with E-state index >= 15 is 0 Å². The largest absolute Gasteiger partial charge is 0.294 e. The summed E-state index contributed by atoms with van der Waals surface area (Å²) in [5.41, 5.74) is 0.606. The second-order valence-electron chi connectivity index (χ2n) is 3.16. The van der Waals surface area contributed by atoms with Crippen LogP contribution in [0, 0.1) is 18.3 Å². The summed E-state index contributed by atoms with van der Waals surface area (Å²) < 4.78 is 22.8. The van der Waals surface area contributed by atoms with E-state index in [2.05, 4.69) is 0 Å². The number of hydrogen-bond donors (Lipinski definition) is 0. The molecule has 0 N–H and O–H groups in total. The number of rotatable bonds is 2. The van der Waals surface area contributed by atoms with Gasteiger partial charge in [0.05, 0.1) is 5.56 Å². The van der Waals surface area contributed by atoms with E-state index in [1.165, 1.54) is 6.92 Å². The van der Waals surface area contributed by atoms with Gasteiger partial charge in [-0.05, 0) is 19.4 Å². The van der Waals surface area contributed by atoms with Gasteiger partial charge in [0.2, 0.25) is 0 Å². The molecule has 0 atom stereocenters. The molecule has 15 heavy (non-hydrogen) atoms. The van der Waals surface area contributed by atoms with E-state index in [0.717, 1.165) is 17.6 Å². The van der Waals surface area contributed by atoms with Crippen molar-refractivity contribution in [2.75, 3.05) is 6.26 Å². The third kappa shape index (κ3) is 2.08. The molecule has 1 rings (SSSR count). The Labute approximate surface area is 92.1 Å². The van der Waals surface area contributed by atoms with Crippen molar-refractivity contribution in [3.05, 3.63) is 16.0 Å². The van der Waals surface area contributed by atoms with Gasteiger partial charge >= 0.3 is 0 Å². The molecular formula is C9H9NO3S2. The molecule has 0 radical (unpaired) electrons. The molecule has 6 heteroatoms. The predicted octanol–water partition coefficient (Wildman–Crippen LogP) is 1.53. The van der Waals surface area contributed by atoms with E-state index in [1.54, 1.807) is 6.92 Å². The lowest BCUT2D eigenvalue weighted by atomic mass is 10.1. The highest BCUT2D eigenvalue weighted by Crippen LogP contribution is 2.31. The molecule has 0 aliphatic heterocycles. The molecule has 0 saturated heterocycles. The molecule has 0 aliphatic rings. The lowest BCUT2D eigenvalue weighted by Crippen LogP contribution is -2.03. The number of ketones is 1. The summed E-state index contributed by atoms with van der Waals surface area (Å²) in [6.07, 6.45) is 1.03. The van der Waals surface area contributed by atoms with Crippen molar-refractivity contribution in [1.29, 1.82) is 5.26 Å². The summed E-state index contributed by atoms with van der Waals surface area (Å²) in [6.45, 7) is 2.88. The fraction of sp³-hybridized carbons (Fsp3) is 0.333. The smallest absolute Gasteiger partial charge is 0.185 e. The minimum Gasteiger partial charge on any atom is -0.294 e. The summed E-state index contributed by atoms with van der Waals surface area (Å²) in [6, 6.07) is 1.88. The number of hydrogen-bond acceptors (Lipinski definition) is 5. The van der Waals surface area contributed by atoms with Gasteiger partial charge in [0.1, 0.15) is 15.2 Å². The van der Waals surface area contributed by atoms with Crippen LogP contribution in [0.4, 0.5) is 0 Å². The fourth-order valence-corrected chi connectivity index (χ4v) is 3.67. The van der Waals surface area contributed by atoms with Crippen LogP contribution in [0.15, 0.2) is 4.21 Å². The Balaban J connectivity index is 3.69. The van der Waals surface area contributed by atoms with Gasteiger partial charge in [-0.25, -0.2) is 8.42 Å². The first-order chi connectivity index (χ1) is 6.79. The molecular weight excluding hydrogens is 234 g/mol. The van der Waals surface area contributed by atoms with E-state index in [4.69, 9.17) is 5.26 Å². The second-order valence-corrected chi connectivity index (χ2v) is 6.39. The first kappa shape index (κ1) is 11.9. The summed E-state index contributed by atoms with van der Waals surface area (Å²) in [5.74, 6) is -0.328. The summed E-state index contributed by atoms with van der Waals surface area (Å²) in [5, 5.41) is 8.76. The molecule has 1 heterocycles. The SMILES string of the molecule is CC(=O)c1c(S(C)(=O)=O)sc(C#N)c1C. The zero-order valence-electron chi connectivity index (χ0n) is 8.49. The van der Waals surface area contributed by atoms with Crippen molar-refractivity contribution in [2.45, 2.75) is 18.1 Å². The second kappa shape index (κ2) is 3.76. The maximum absolute atomic E-state index is 11.4. The molecule has 0 bridgehead atoms. The monoisotopic (exact) mass is 243 g/mol. The molecule has 0 amide bonds. The van der Waals surface area contributed by atoms with Crippen molar-refractivity contribution >= 4 is 27.0 Å². The topological polar surface area (TPSA) is 75.0 Å². The predicted molar refractivity (Wildman–Crippen MR) is 56.9 cm³/mol. The van der Waals surface area contributed by atoms with Crippen molar-refractivity contribution in [3.8, 4) is 6.07 Å². The Hall–Kier alpha value is -1.19. The Morgan fingerprint density at radius 1 is 1.47 bits per heavy atom. The maximum atomic E-state index is 11.4. The molecule has 0 aromatic carbocycles. The van der Waals surface area contributed by atoms with Gasteiger partial charge in [0, 0.05) is 6.26 Å². The van der Waals surface area contributed by atoms with Crippen LogP contribution in [0.5, 0.6) is 0 Å². The van der Waals surface area contributed by atoms with E-state index in [9.17, 15) is 13.2 Å². The van der Waals surface area contributed by atoms with E-state index in [1.807, 2.05) is 6.07 Å². The lowest BCUT2D eigenvalue weighted by molar-refractivity contribution is 0.101. The van der Waals surface area contributed by atoms with Crippen LogP contribution in [0.2, 0.25) is 0 Å². The number of sulfone groups is 1. The first-order valence-corrected chi connectivity index (χ1v) is 6.74. The molecule has 0 unspecified atom stereocenters. The van der Waals surface area contributed by atoms with Gasteiger partial charge in [-0.2, -0.15) is 5.26 Å². The number of thiophene rings is 1. The average Bonchev–Trinajstić information content (AvgIpc) is 2.41. The Bertz CT molecular complexity index is 561. The number of nitrogens with zero attached hydrogens (tertiary/aromatic N) is 1. The van der Waals surface area contributed by atoms with Crippen LogP contribution >= 0.6 is 11.3 Å². The summed E-state index contributed by atoms with van der Waals surface area (Å²) >= 11 is 0.851. The highest BCUT2D eigenvalue weighted by molar-refractivity contribution is 7.92. The van der Waals surface area contributed by atoms with Crippen molar-refractivity contribution < 1.29 is 13.2 Å². The van der Waals surface area contributed by atoms with E-state index in [0.29, 0.717) is 5.56 Å². The Kier molecular flexibility index (Phi) is 2.98. The molecule has 0 saturated carbocycles. The van der Waals surface area contributed by atoms with Crippen LogP contribution in [-0.2, 0) is 9.84 Å². The van der Waals surface area contributed by atoms with Crippen LogP contribution in [0.1, 0.15) is 27.7 Å². The molecule has 4 nitrogen and oxygen atoms in total. The quantitative estimate of drug-likeness (QED) is 0.738. The maximum Gasteiger partial charge on any atom is 0.185 e. The zero-order chi connectivity index (χ0) is 11.8. The van der Waals surface area contributed by atoms with Gasteiger partial charge < -0.3 is 0 Å². The van der Waals surface area contributed by atoms with Gasteiger partial charge in [-0.15, -0.1) is 11.3 Å². The third-order valence-corrected chi connectivity index (χ3v) is 4.93. The minimum absolute atomic E-state index is 0.0101. The minimum atomic E-state index is -3.44. The van der Waals surface area contributed by atoms with E-state index < -0.39 is 9.84 Å². The highest BCUT2D eigenvalue weighted by atomic mass is 32.2. The Morgan fingerprint density at radius 3 is 2.27 bits per heavy atom. The summed E-state index contributed by atoms with van der Waals surface area (Å²) in [4.78, 5) is 11.6. The van der Waals surface area contributed by atoms with Gasteiger partial charge in [-0.1, -0.05) is 0 Å². The molecule has 0 aliphatic carbocycles. The first-order valence-electron chi connectivity index (χ1n) is 4.03. The number of Topliss-reactive ketones (excluding diaryl/α,β-unsaturated/α-hetero) is 1. The van der Waals surface area contributed by atoms with Gasteiger partial charge in [0.15, 0.2) is 15.6 Å². The van der Waals surface area contributed by atoms with Crippen molar-refractivity contribution in [1.82, 2.24) is 0 Å². The molecule has 0 spiro atoms. The molecule has 1 aromatic heterocycles. The number of carbonyl (C=O) groups is 1. The molecule has 1 aromatic rings. The molecule has 0 fully saturated rings. The van der Waals surface area contributed by atoms with Gasteiger partial charge in [-0.3, -0.25) is 4.79 Å². The molecule has 80 valence electrons. The van der Waals surface area contributed by atoms with Crippen LogP contribution in [0.25, 0.3) is 0 Å². The van der Waals surface area contributed by atoms with Crippen molar-refractivity contribution in [2.24, 2.45) is 0 Å². The van der Waals surface area contributed by atoms with Crippen molar-refractivity contribution in [3.63, 3.8) is 0 Å². The number of nitriles is 1. The van der Waals surface area contributed by atoms with Crippen LogP contribution in [-0.4, -0.2) is 20.5 Å². The summed E-state index contributed by atoms with van der Waals surface area (Å²) in [7, 11) is -3.44. The van der Waals surface area contributed by atoms with Crippen LogP contribution in [0.3, 0.4) is 0 Å². The number of carbonyl (C=O) groups excluding carboxylic acids is 1.